The molecule has 3 N–H and O–H groups in total. The standard InChI is InChI=1S/C17H28N4O3S.2ClH/c1-14-4-6-15(7-5-14)25(23,24)21-10-8-20(9-11-21)12-16(22)19-13-17(2,3)18;;/h4-7H,8-13,18H2,1-3H3,(H,19,22);2*1H. The highest BCUT2D eigenvalue weighted by molar-refractivity contribution is 7.89. The minimum absolute atomic E-state index is 0. The molecule has 1 saturated heterocycles. The first-order valence-corrected chi connectivity index (χ1v) is 9.87. The number of amides is 1. The molecule has 1 amide bonds. The molecule has 1 aliphatic rings. The lowest BCUT2D eigenvalue weighted by Gasteiger charge is -2.33. The number of rotatable bonds is 6. The molecule has 27 heavy (non-hydrogen) atoms. The van der Waals surface area contributed by atoms with Crippen molar-refractivity contribution in [2.45, 2.75) is 31.2 Å². The third-order valence-electron chi connectivity index (χ3n) is 4.10. The molecule has 0 aromatic heterocycles. The highest BCUT2D eigenvalue weighted by atomic mass is 35.5. The summed E-state index contributed by atoms with van der Waals surface area (Å²) in [6.45, 7) is 8.12. The Labute approximate surface area is 174 Å². The lowest BCUT2D eigenvalue weighted by atomic mass is 10.1. The van der Waals surface area contributed by atoms with Crippen molar-refractivity contribution in [2.24, 2.45) is 5.73 Å². The zero-order valence-corrected chi connectivity index (χ0v) is 18.4. The summed E-state index contributed by atoms with van der Waals surface area (Å²) in [5, 5.41) is 2.81. The molecule has 1 fully saturated rings. The molecule has 0 spiro atoms. The molecule has 7 nitrogen and oxygen atoms in total. The molecule has 10 heteroatoms. The van der Waals surface area contributed by atoms with Crippen LogP contribution in [0.1, 0.15) is 19.4 Å². The summed E-state index contributed by atoms with van der Waals surface area (Å²) in [4.78, 5) is 14.2. The van der Waals surface area contributed by atoms with E-state index in [0.29, 0.717) is 37.6 Å². The van der Waals surface area contributed by atoms with Crippen molar-refractivity contribution in [1.82, 2.24) is 14.5 Å². The Morgan fingerprint density at radius 3 is 2.11 bits per heavy atom. The summed E-state index contributed by atoms with van der Waals surface area (Å²) < 4.78 is 26.8. The molecule has 0 radical (unpaired) electrons. The van der Waals surface area contributed by atoms with Gasteiger partial charge in [0.15, 0.2) is 0 Å². The van der Waals surface area contributed by atoms with Crippen LogP contribution >= 0.6 is 24.8 Å². The second-order valence-electron chi connectivity index (χ2n) is 7.26. The van der Waals surface area contributed by atoms with Gasteiger partial charge in [-0.3, -0.25) is 9.69 Å². The highest BCUT2D eigenvalue weighted by Crippen LogP contribution is 2.18. The lowest BCUT2D eigenvalue weighted by Crippen LogP contribution is -2.52. The highest BCUT2D eigenvalue weighted by Gasteiger charge is 2.29. The van der Waals surface area contributed by atoms with E-state index in [1.807, 2.05) is 25.7 Å². The lowest BCUT2D eigenvalue weighted by molar-refractivity contribution is -0.122. The predicted octanol–water partition coefficient (Wildman–Crippen LogP) is 0.998. The van der Waals surface area contributed by atoms with Crippen molar-refractivity contribution in [2.75, 3.05) is 39.3 Å². The minimum Gasteiger partial charge on any atom is -0.353 e. The summed E-state index contributed by atoms with van der Waals surface area (Å²) in [5.74, 6) is -0.0895. The first kappa shape index (κ1) is 26.1. The summed E-state index contributed by atoms with van der Waals surface area (Å²) >= 11 is 0. The average Bonchev–Trinajstić information content (AvgIpc) is 2.53. The minimum atomic E-state index is -3.47. The van der Waals surface area contributed by atoms with E-state index in [1.54, 1.807) is 24.3 Å². The van der Waals surface area contributed by atoms with Gasteiger partial charge in [0.2, 0.25) is 15.9 Å². The maximum atomic E-state index is 12.7. The molecule has 0 atom stereocenters. The molecule has 0 unspecified atom stereocenters. The van der Waals surface area contributed by atoms with Gasteiger partial charge in [0, 0.05) is 38.3 Å². The Balaban J connectivity index is 0.00000338. The van der Waals surface area contributed by atoms with Gasteiger partial charge < -0.3 is 11.1 Å². The largest absolute Gasteiger partial charge is 0.353 e. The number of carbonyl (C=O) groups is 1. The molecule has 1 aromatic rings. The number of nitrogens with one attached hydrogen (secondary N) is 1. The van der Waals surface area contributed by atoms with Gasteiger partial charge in [-0.2, -0.15) is 4.31 Å². The molecule has 1 aliphatic heterocycles. The van der Waals surface area contributed by atoms with E-state index >= 15 is 0 Å². The quantitative estimate of drug-likeness (QED) is 0.687. The van der Waals surface area contributed by atoms with Gasteiger partial charge >= 0.3 is 0 Å². The first-order chi connectivity index (χ1) is 11.6. The molecule has 1 aromatic carbocycles. The van der Waals surface area contributed by atoms with E-state index in [1.165, 1.54) is 4.31 Å². The van der Waals surface area contributed by atoms with E-state index < -0.39 is 15.6 Å². The van der Waals surface area contributed by atoms with Crippen molar-refractivity contribution in [1.29, 1.82) is 0 Å². The molecule has 0 saturated carbocycles. The van der Waals surface area contributed by atoms with Crippen LogP contribution in [0.5, 0.6) is 0 Å². The Bertz CT molecular complexity index is 698. The van der Waals surface area contributed by atoms with E-state index in [0.717, 1.165) is 5.56 Å². The van der Waals surface area contributed by atoms with Crippen molar-refractivity contribution < 1.29 is 13.2 Å². The van der Waals surface area contributed by atoms with E-state index in [4.69, 9.17) is 5.73 Å². The fourth-order valence-electron chi connectivity index (χ4n) is 2.57. The Hall–Kier alpha value is -0.900. The number of benzene rings is 1. The van der Waals surface area contributed by atoms with Crippen molar-refractivity contribution >= 4 is 40.7 Å². The van der Waals surface area contributed by atoms with Crippen LogP contribution in [0.15, 0.2) is 29.2 Å². The van der Waals surface area contributed by atoms with Gasteiger partial charge in [-0.1, -0.05) is 17.7 Å². The number of hydrogen-bond donors (Lipinski definition) is 2. The Kier molecular flexibility index (Phi) is 10.2. The van der Waals surface area contributed by atoms with E-state index in [9.17, 15) is 13.2 Å². The Morgan fingerprint density at radius 2 is 1.63 bits per heavy atom. The summed E-state index contributed by atoms with van der Waals surface area (Å²) in [7, 11) is -3.47. The predicted molar refractivity (Wildman–Crippen MR) is 112 cm³/mol. The van der Waals surface area contributed by atoms with E-state index in [-0.39, 0.29) is 37.3 Å². The maximum Gasteiger partial charge on any atom is 0.243 e. The van der Waals surface area contributed by atoms with E-state index in [2.05, 4.69) is 5.32 Å². The number of hydrogen-bond acceptors (Lipinski definition) is 5. The SMILES string of the molecule is Cc1ccc(S(=O)(=O)N2CCN(CC(=O)NCC(C)(C)N)CC2)cc1.Cl.Cl. The van der Waals surface area contributed by atoms with Gasteiger partial charge in [-0.15, -0.1) is 24.8 Å². The van der Waals surface area contributed by atoms with Gasteiger partial charge in [0.05, 0.1) is 11.4 Å². The van der Waals surface area contributed by atoms with Crippen molar-refractivity contribution in [3.63, 3.8) is 0 Å². The molecule has 1 heterocycles. The van der Waals surface area contributed by atoms with Crippen LogP contribution in [-0.2, 0) is 14.8 Å². The zero-order chi connectivity index (χ0) is 18.7. The average molecular weight is 441 g/mol. The fraction of sp³-hybridized carbons (Fsp3) is 0.588. The van der Waals surface area contributed by atoms with Crippen LogP contribution in [0, 0.1) is 6.92 Å². The second-order valence-corrected chi connectivity index (χ2v) is 9.20. The van der Waals surface area contributed by atoms with Crippen LogP contribution in [0.2, 0.25) is 0 Å². The molecule has 156 valence electrons. The smallest absolute Gasteiger partial charge is 0.243 e. The summed E-state index contributed by atoms with van der Waals surface area (Å²) in [5.41, 5.74) is 6.42. The van der Waals surface area contributed by atoms with Gasteiger partial charge in [0.1, 0.15) is 0 Å². The summed E-state index contributed by atoms with van der Waals surface area (Å²) in [6.07, 6.45) is 0. The van der Waals surface area contributed by atoms with Crippen LogP contribution in [-0.4, -0.2) is 68.3 Å². The molecular weight excluding hydrogens is 411 g/mol. The normalized spacial score (nSPS) is 16.1. The zero-order valence-electron chi connectivity index (χ0n) is 16.0. The number of carbonyl (C=O) groups excluding carboxylic acids is 1. The van der Waals surface area contributed by atoms with Crippen molar-refractivity contribution in [3.8, 4) is 0 Å². The maximum absolute atomic E-state index is 12.7. The monoisotopic (exact) mass is 440 g/mol. The summed E-state index contributed by atoms with van der Waals surface area (Å²) in [6, 6.07) is 6.87. The Morgan fingerprint density at radius 1 is 1.11 bits per heavy atom. The number of nitrogens with two attached hydrogens (primary N) is 1. The number of piperazine rings is 1. The molecule has 0 bridgehead atoms. The first-order valence-electron chi connectivity index (χ1n) is 8.43. The van der Waals surface area contributed by atoms with Crippen LogP contribution < -0.4 is 11.1 Å². The molecular formula is C17H30Cl2N4O3S. The topological polar surface area (TPSA) is 95.7 Å². The van der Waals surface area contributed by atoms with Gasteiger partial charge in [-0.25, -0.2) is 8.42 Å². The molecule has 0 aliphatic carbocycles. The van der Waals surface area contributed by atoms with Crippen LogP contribution in [0.25, 0.3) is 0 Å². The van der Waals surface area contributed by atoms with Crippen LogP contribution in [0.4, 0.5) is 0 Å². The number of nitrogens with zero attached hydrogens (tertiary/aromatic N) is 2. The van der Waals surface area contributed by atoms with Gasteiger partial charge in [-0.05, 0) is 32.9 Å². The van der Waals surface area contributed by atoms with Crippen molar-refractivity contribution in [3.05, 3.63) is 29.8 Å². The second kappa shape index (κ2) is 10.6. The molecule has 2 rings (SSSR count). The fourth-order valence-corrected chi connectivity index (χ4v) is 3.99. The van der Waals surface area contributed by atoms with Gasteiger partial charge in [0.25, 0.3) is 0 Å². The number of aryl methyl sites for hydroxylation is 1. The third-order valence-corrected chi connectivity index (χ3v) is 6.01. The number of sulfonamides is 1. The third kappa shape index (κ3) is 7.93. The van der Waals surface area contributed by atoms with Crippen LogP contribution in [0.3, 0.4) is 0 Å². The number of halogens is 2.